The highest BCUT2D eigenvalue weighted by Gasteiger charge is 2.17. The molecular weight excluding hydrogens is 717 g/mol. The van der Waals surface area contributed by atoms with E-state index >= 15 is 0 Å². The van der Waals surface area contributed by atoms with Crippen LogP contribution in [0.2, 0.25) is 0 Å². The highest BCUT2D eigenvalue weighted by molar-refractivity contribution is 5.70. The molecule has 0 spiro atoms. The predicted octanol–water partition coefficient (Wildman–Crippen LogP) is 16.1. The van der Waals surface area contributed by atoms with Gasteiger partial charge in [-0.1, -0.05) is 183 Å². The van der Waals surface area contributed by atoms with E-state index in [1.54, 1.807) is 0 Å². The standard InChI is InChI=1S/C53H90O5/c1-4-7-10-13-16-19-22-25-27-29-31-34-37-40-43-46-52(54)57-50-51(49-56-48-45-42-39-36-33-30-26-23-20-17-14-11-8-5-2)58-53(55)47-44-41-38-35-32-28-24-21-18-15-12-9-6-3/h9,12,16,18-21,23,25,27-28,32,38,41,51H,4-8,10-11,13-15,17,22,24,26,29-31,33-37,39-40,42-50H2,1-3H3/b12-9-,19-16-,21-18-,23-20-,27-25-,32-28-,41-38-. The second-order valence-corrected chi connectivity index (χ2v) is 15.6. The summed E-state index contributed by atoms with van der Waals surface area (Å²) < 4.78 is 17.3. The monoisotopic (exact) mass is 807 g/mol. The summed E-state index contributed by atoms with van der Waals surface area (Å²) in [4.78, 5) is 25.3. The summed E-state index contributed by atoms with van der Waals surface area (Å²) in [5.41, 5.74) is 0. The molecule has 0 aliphatic rings. The first kappa shape index (κ1) is 55.1. The molecule has 0 aliphatic heterocycles. The normalized spacial score (nSPS) is 12.9. The summed E-state index contributed by atoms with van der Waals surface area (Å²) in [7, 11) is 0. The number of hydrogen-bond acceptors (Lipinski definition) is 5. The molecule has 5 nitrogen and oxygen atoms in total. The van der Waals surface area contributed by atoms with Crippen LogP contribution in [0.1, 0.15) is 213 Å². The summed E-state index contributed by atoms with van der Waals surface area (Å²) in [5, 5.41) is 0. The van der Waals surface area contributed by atoms with Crippen LogP contribution in [0.25, 0.3) is 0 Å². The molecule has 0 bridgehead atoms. The fourth-order valence-electron chi connectivity index (χ4n) is 6.31. The molecule has 332 valence electrons. The van der Waals surface area contributed by atoms with Crippen LogP contribution >= 0.6 is 0 Å². The van der Waals surface area contributed by atoms with Crippen molar-refractivity contribution in [2.75, 3.05) is 19.8 Å². The van der Waals surface area contributed by atoms with Gasteiger partial charge in [-0.3, -0.25) is 9.59 Å². The number of ether oxygens (including phenoxy) is 3. The van der Waals surface area contributed by atoms with Crippen LogP contribution in [0.4, 0.5) is 0 Å². The molecule has 1 unspecified atom stereocenters. The molecule has 0 saturated heterocycles. The van der Waals surface area contributed by atoms with Crippen LogP contribution in [0.5, 0.6) is 0 Å². The summed E-state index contributed by atoms with van der Waals surface area (Å²) in [6.45, 7) is 7.56. The van der Waals surface area contributed by atoms with Gasteiger partial charge >= 0.3 is 11.9 Å². The van der Waals surface area contributed by atoms with E-state index < -0.39 is 6.10 Å². The lowest BCUT2D eigenvalue weighted by Crippen LogP contribution is -2.30. The lowest BCUT2D eigenvalue weighted by Gasteiger charge is -2.18. The zero-order valence-electron chi connectivity index (χ0n) is 38.0. The van der Waals surface area contributed by atoms with Gasteiger partial charge in [0, 0.05) is 19.4 Å². The highest BCUT2D eigenvalue weighted by atomic mass is 16.6. The largest absolute Gasteiger partial charge is 0.462 e. The maximum atomic E-state index is 12.7. The summed E-state index contributed by atoms with van der Waals surface area (Å²) in [5.74, 6) is -0.513. The minimum absolute atomic E-state index is 0.0436. The number of rotatable bonds is 43. The summed E-state index contributed by atoms with van der Waals surface area (Å²) in [6.07, 6.45) is 63.1. The van der Waals surface area contributed by atoms with Crippen LogP contribution in [-0.2, 0) is 23.8 Å². The number of esters is 2. The Hall–Kier alpha value is -2.92. The van der Waals surface area contributed by atoms with Crippen molar-refractivity contribution in [3.8, 4) is 0 Å². The minimum Gasteiger partial charge on any atom is -0.462 e. The molecule has 0 saturated carbocycles. The Morgan fingerprint density at radius 2 is 0.810 bits per heavy atom. The van der Waals surface area contributed by atoms with Gasteiger partial charge < -0.3 is 14.2 Å². The van der Waals surface area contributed by atoms with Crippen molar-refractivity contribution in [1.82, 2.24) is 0 Å². The molecule has 0 aliphatic carbocycles. The third-order valence-electron chi connectivity index (χ3n) is 9.90. The van der Waals surface area contributed by atoms with Gasteiger partial charge in [-0.15, -0.1) is 0 Å². The molecule has 5 heteroatoms. The maximum Gasteiger partial charge on any atom is 0.306 e. The molecule has 0 aromatic carbocycles. The lowest BCUT2D eigenvalue weighted by molar-refractivity contribution is -0.162. The van der Waals surface area contributed by atoms with Gasteiger partial charge in [-0.05, 0) is 103 Å². The molecule has 58 heavy (non-hydrogen) atoms. The van der Waals surface area contributed by atoms with E-state index in [0.717, 1.165) is 70.6 Å². The second-order valence-electron chi connectivity index (χ2n) is 15.6. The molecule has 0 aromatic heterocycles. The van der Waals surface area contributed by atoms with Crippen molar-refractivity contribution in [1.29, 1.82) is 0 Å². The first-order chi connectivity index (χ1) is 28.6. The van der Waals surface area contributed by atoms with Crippen molar-refractivity contribution in [3.05, 3.63) is 85.1 Å². The van der Waals surface area contributed by atoms with E-state index in [9.17, 15) is 9.59 Å². The van der Waals surface area contributed by atoms with Crippen LogP contribution in [0.15, 0.2) is 85.1 Å². The Bertz CT molecular complexity index is 1090. The number of unbranched alkanes of at least 4 members (excludes halogenated alkanes) is 18. The Balaban J connectivity index is 4.39. The van der Waals surface area contributed by atoms with Crippen LogP contribution in [0, 0.1) is 0 Å². The zero-order valence-corrected chi connectivity index (χ0v) is 38.0. The van der Waals surface area contributed by atoms with E-state index in [1.165, 1.54) is 103 Å². The Morgan fingerprint density at radius 1 is 0.397 bits per heavy atom. The molecule has 0 rings (SSSR count). The molecule has 0 aromatic rings. The molecule has 0 heterocycles. The first-order valence-corrected chi connectivity index (χ1v) is 24.1. The van der Waals surface area contributed by atoms with Gasteiger partial charge in [-0.25, -0.2) is 0 Å². The van der Waals surface area contributed by atoms with E-state index in [-0.39, 0.29) is 25.2 Å². The molecular formula is C53H90O5. The molecule has 0 N–H and O–H groups in total. The topological polar surface area (TPSA) is 61.8 Å². The summed E-state index contributed by atoms with van der Waals surface area (Å²) >= 11 is 0. The summed E-state index contributed by atoms with van der Waals surface area (Å²) in [6, 6.07) is 0. The zero-order chi connectivity index (χ0) is 42.1. The van der Waals surface area contributed by atoms with Gasteiger partial charge in [0.05, 0.1) is 6.61 Å². The van der Waals surface area contributed by atoms with Crippen molar-refractivity contribution in [2.45, 2.75) is 219 Å². The quantitative estimate of drug-likeness (QED) is 0.0349. The van der Waals surface area contributed by atoms with E-state index in [1.807, 2.05) is 6.08 Å². The molecule has 0 radical (unpaired) electrons. The van der Waals surface area contributed by atoms with Crippen molar-refractivity contribution in [3.63, 3.8) is 0 Å². The number of allylic oxidation sites excluding steroid dienone is 14. The first-order valence-electron chi connectivity index (χ1n) is 24.1. The SMILES string of the molecule is CC/C=C\C/C=C\C/C=C\C/C=C\CCC(=O)OC(COCCCCCCCC/C=C\CCCCCC)COC(=O)CCCCCCC/C=C\C/C=C\CCCCC. The van der Waals surface area contributed by atoms with E-state index in [2.05, 4.69) is 99.8 Å². The number of carbonyl (C=O) groups excluding carboxylic acids is 2. The average Bonchev–Trinajstić information content (AvgIpc) is 3.22. The van der Waals surface area contributed by atoms with E-state index in [0.29, 0.717) is 25.9 Å². The van der Waals surface area contributed by atoms with Gasteiger partial charge in [0.1, 0.15) is 6.61 Å². The fourth-order valence-corrected chi connectivity index (χ4v) is 6.31. The average molecular weight is 807 g/mol. The number of hydrogen-bond donors (Lipinski definition) is 0. The van der Waals surface area contributed by atoms with Gasteiger partial charge in [0.25, 0.3) is 0 Å². The van der Waals surface area contributed by atoms with Crippen molar-refractivity contribution < 1.29 is 23.8 Å². The highest BCUT2D eigenvalue weighted by Crippen LogP contribution is 2.12. The van der Waals surface area contributed by atoms with Crippen LogP contribution < -0.4 is 0 Å². The molecule has 0 amide bonds. The lowest BCUT2D eigenvalue weighted by atomic mass is 10.1. The minimum atomic E-state index is -0.585. The van der Waals surface area contributed by atoms with Gasteiger partial charge in [0.2, 0.25) is 0 Å². The second kappa shape index (κ2) is 48.4. The van der Waals surface area contributed by atoms with Crippen LogP contribution in [-0.4, -0.2) is 37.9 Å². The third-order valence-corrected chi connectivity index (χ3v) is 9.90. The van der Waals surface area contributed by atoms with Crippen molar-refractivity contribution in [2.24, 2.45) is 0 Å². The third kappa shape index (κ3) is 45.8. The van der Waals surface area contributed by atoms with Crippen molar-refractivity contribution >= 4 is 11.9 Å². The van der Waals surface area contributed by atoms with Gasteiger partial charge in [-0.2, -0.15) is 0 Å². The van der Waals surface area contributed by atoms with Gasteiger partial charge in [0.15, 0.2) is 6.10 Å². The maximum absolute atomic E-state index is 12.7. The smallest absolute Gasteiger partial charge is 0.306 e. The number of carbonyl (C=O) groups is 2. The van der Waals surface area contributed by atoms with E-state index in [4.69, 9.17) is 14.2 Å². The molecule has 1 atom stereocenters. The predicted molar refractivity (Wildman–Crippen MR) is 251 cm³/mol. The van der Waals surface area contributed by atoms with Crippen LogP contribution in [0.3, 0.4) is 0 Å². The molecule has 0 fully saturated rings. The fraction of sp³-hybridized carbons (Fsp3) is 0.698. The Kier molecular flexibility index (Phi) is 46.0. The Labute approximate surface area is 359 Å². The Morgan fingerprint density at radius 3 is 1.36 bits per heavy atom.